The predicted octanol–water partition coefficient (Wildman–Crippen LogP) is 3.67. The van der Waals surface area contributed by atoms with Crippen LogP contribution in [0.25, 0.3) is 0 Å². The van der Waals surface area contributed by atoms with Gasteiger partial charge in [0.25, 0.3) is 0 Å². The molecular weight excluding hydrogens is 388 g/mol. The van der Waals surface area contributed by atoms with Crippen molar-refractivity contribution < 1.29 is 9.53 Å². The van der Waals surface area contributed by atoms with E-state index in [4.69, 9.17) is 10.5 Å². The number of hydrogen-bond donors (Lipinski definition) is 1. The lowest BCUT2D eigenvalue weighted by Gasteiger charge is -2.43. The third-order valence-electron chi connectivity index (χ3n) is 6.04. The van der Waals surface area contributed by atoms with Crippen LogP contribution in [-0.4, -0.2) is 37.0 Å². The first-order valence-electron chi connectivity index (χ1n) is 10.3. The molecule has 2 atom stereocenters. The number of methoxy groups -OCH3 is 1. The van der Waals surface area contributed by atoms with E-state index < -0.39 is 5.92 Å². The van der Waals surface area contributed by atoms with E-state index in [1.807, 2.05) is 66.6 Å². The Morgan fingerprint density at radius 2 is 1.81 bits per heavy atom. The standard InChI is InChI=1S/C25H26N4O2/c1-28(2)29-21-13-18(16-8-5-4-6-9-16)14-22(30)24(21)23(20(15-26)25(29)27)17-10-7-11-19(12-17)31-3/h4-12,18,23H,13-14,27H2,1-3H3/t18-,23-/m0/s1. The summed E-state index contributed by atoms with van der Waals surface area (Å²) < 4.78 is 5.39. The van der Waals surface area contributed by atoms with Crippen molar-refractivity contribution >= 4 is 5.78 Å². The minimum absolute atomic E-state index is 0.0509. The van der Waals surface area contributed by atoms with Crippen LogP contribution < -0.4 is 10.5 Å². The number of ether oxygens (including phenoxy) is 1. The molecule has 1 aliphatic heterocycles. The molecule has 0 spiro atoms. The fourth-order valence-electron chi connectivity index (χ4n) is 4.68. The fraction of sp³-hybridized carbons (Fsp3) is 0.280. The molecule has 0 unspecified atom stereocenters. The summed E-state index contributed by atoms with van der Waals surface area (Å²) in [5.74, 6) is 0.652. The third kappa shape index (κ3) is 3.58. The average molecular weight is 415 g/mol. The van der Waals surface area contributed by atoms with Crippen molar-refractivity contribution in [3.63, 3.8) is 0 Å². The second-order valence-electron chi connectivity index (χ2n) is 8.08. The minimum atomic E-state index is -0.504. The molecule has 0 saturated carbocycles. The molecule has 1 aliphatic carbocycles. The summed E-state index contributed by atoms with van der Waals surface area (Å²) >= 11 is 0. The highest BCUT2D eigenvalue weighted by atomic mass is 16.5. The van der Waals surface area contributed by atoms with Crippen LogP contribution in [0.15, 0.2) is 77.3 Å². The van der Waals surface area contributed by atoms with Crippen LogP contribution in [0.3, 0.4) is 0 Å². The van der Waals surface area contributed by atoms with Gasteiger partial charge in [0.05, 0.1) is 24.7 Å². The molecule has 0 radical (unpaired) electrons. The zero-order chi connectivity index (χ0) is 22.1. The summed E-state index contributed by atoms with van der Waals surface area (Å²) in [6.45, 7) is 0. The van der Waals surface area contributed by atoms with E-state index in [1.54, 1.807) is 7.11 Å². The van der Waals surface area contributed by atoms with Gasteiger partial charge in [-0.3, -0.25) is 9.80 Å². The zero-order valence-electron chi connectivity index (χ0n) is 18.0. The molecule has 1 heterocycles. The molecule has 158 valence electrons. The number of nitriles is 1. The Morgan fingerprint density at radius 1 is 1.10 bits per heavy atom. The largest absolute Gasteiger partial charge is 0.497 e. The van der Waals surface area contributed by atoms with Gasteiger partial charge in [0, 0.05) is 31.8 Å². The molecule has 2 N–H and O–H groups in total. The highest BCUT2D eigenvalue weighted by Gasteiger charge is 2.43. The number of nitrogens with zero attached hydrogens (tertiary/aromatic N) is 3. The maximum Gasteiger partial charge on any atom is 0.162 e. The minimum Gasteiger partial charge on any atom is -0.497 e. The Hall–Kier alpha value is -3.56. The monoisotopic (exact) mass is 414 g/mol. The lowest BCUT2D eigenvalue weighted by atomic mass is 9.72. The molecule has 0 bridgehead atoms. The molecule has 0 fully saturated rings. The Morgan fingerprint density at radius 3 is 2.45 bits per heavy atom. The van der Waals surface area contributed by atoms with E-state index in [1.165, 1.54) is 0 Å². The molecule has 0 aromatic heterocycles. The maximum atomic E-state index is 13.6. The molecule has 0 saturated heterocycles. The number of carbonyl (C=O) groups excluding carboxylic acids is 1. The first-order chi connectivity index (χ1) is 15.0. The topological polar surface area (TPSA) is 82.6 Å². The molecule has 2 aromatic rings. The zero-order valence-corrected chi connectivity index (χ0v) is 18.0. The maximum absolute atomic E-state index is 13.6. The number of nitrogens with two attached hydrogens (primary N) is 1. The molecule has 2 aliphatic rings. The number of ketones is 1. The van der Waals surface area contributed by atoms with Gasteiger partial charge in [0.15, 0.2) is 5.78 Å². The third-order valence-corrected chi connectivity index (χ3v) is 6.04. The van der Waals surface area contributed by atoms with Gasteiger partial charge in [0.1, 0.15) is 11.6 Å². The smallest absolute Gasteiger partial charge is 0.162 e. The van der Waals surface area contributed by atoms with Gasteiger partial charge in [-0.25, -0.2) is 5.01 Å². The lowest BCUT2D eigenvalue weighted by Crippen LogP contribution is -2.46. The summed E-state index contributed by atoms with van der Waals surface area (Å²) in [7, 11) is 5.34. The van der Waals surface area contributed by atoms with Crippen LogP contribution in [0.2, 0.25) is 0 Å². The van der Waals surface area contributed by atoms with Crippen LogP contribution in [0.5, 0.6) is 5.75 Å². The SMILES string of the molecule is COc1cccc([C@H]2C(C#N)=C(N)N(N(C)C)C3=C2C(=O)C[C@@H](c2ccccc2)C3)c1. The Kier molecular flexibility index (Phi) is 5.53. The van der Waals surface area contributed by atoms with Crippen molar-refractivity contribution in [2.24, 2.45) is 5.73 Å². The van der Waals surface area contributed by atoms with E-state index in [-0.39, 0.29) is 11.7 Å². The van der Waals surface area contributed by atoms with Crippen molar-refractivity contribution in [1.82, 2.24) is 10.0 Å². The quantitative estimate of drug-likeness (QED) is 0.822. The predicted molar refractivity (Wildman–Crippen MR) is 119 cm³/mol. The molecule has 0 amide bonds. The summed E-state index contributed by atoms with van der Waals surface area (Å²) in [6, 6.07) is 19.9. The summed E-state index contributed by atoms with van der Waals surface area (Å²) in [6.07, 6.45) is 1.08. The number of hydrogen-bond acceptors (Lipinski definition) is 6. The van der Waals surface area contributed by atoms with E-state index in [0.717, 1.165) is 16.8 Å². The van der Waals surface area contributed by atoms with Crippen molar-refractivity contribution in [2.75, 3.05) is 21.2 Å². The van der Waals surface area contributed by atoms with Crippen LogP contribution in [0, 0.1) is 11.3 Å². The number of allylic oxidation sites excluding steroid dienone is 3. The van der Waals surface area contributed by atoms with Gasteiger partial charge in [0.2, 0.25) is 0 Å². The van der Waals surface area contributed by atoms with Gasteiger partial charge < -0.3 is 10.5 Å². The number of Topliss-reactive ketones (excluding diaryl/α,β-unsaturated/α-hetero) is 1. The highest BCUT2D eigenvalue weighted by Crippen LogP contribution is 2.48. The van der Waals surface area contributed by atoms with Crippen LogP contribution in [0.1, 0.15) is 35.8 Å². The van der Waals surface area contributed by atoms with E-state index in [2.05, 4.69) is 18.2 Å². The molecule has 6 nitrogen and oxygen atoms in total. The van der Waals surface area contributed by atoms with E-state index in [9.17, 15) is 10.1 Å². The van der Waals surface area contributed by atoms with E-state index in [0.29, 0.717) is 35.6 Å². The number of rotatable bonds is 4. The van der Waals surface area contributed by atoms with Crippen molar-refractivity contribution in [1.29, 1.82) is 5.26 Å². The normalized spacial score (nSPS) is 21.3. The van der Waals surface area contributed by atoms with Crippen LogP contribution >= 0.6 is 0 Å². The van der Waals surface area contributed by atoms with Crippen molar-refractivity contribution in [2.45, 2.75) is 24.7 Å². The molecular formula is C25H26N4O2. The Balaban J connectivity index is 1.90. The fourth-order valence-corrected chi connectivity index (χ4v) is 4.68. The molecule has 4 rings (SSSR count). The Labute approximate surface area is 182 Å². The average Bonchev–Trinajstić information content (AvgIpc) is 2.78. The number of carbonyl (C=O) groups is 1. The summed E-state index contributed by atoms with van der Waals surface area (Å²) in [5.41, 5.74) is 10.4. The summed E-state index contributed by atoms with van der Waals surface area (Å²) in [5, 5.41) is 13.7. The lowest BCUT2D eigenvalue weighted by molar-refractivity contribution is -0.117. The number of benzene rings is 2. The highest BCUT2D eigenvalue weighted by molar-refractivity contribution is 6.00. The van der Waals surface area contributed by atoms with Crippen molar-refractivity contribution in [3.8, 4) is 11.8 Å². The van der Waals surface area contributed by atoms with Crippen molar-refractivity contribution in [3.05, 3.63) is 88.4 Å². The number of hydrazine groups is 1. The van der Waals surface area contributed by atoms with Crippen LogP contribution in [-0.2, 0) is 4.79 Å². The second kappa shape index (κ2) is 8.29. The molecule has 31 heavy (non-hydrogen) atoms. The first-order valence-corrected chi connectivity index (χ1v) is 10.3. The van der Waals surface area contributed by atoms with E-state index >= 15 is 0 Å². The van der Waals surface area contributed by atoms with Gasteiger partial charge in [-0.1, -0.05) is 42.5 Å². The Bertz CT molecular complexity index is 1110. The summed E-state index contributed by atoms with van der Waals surface area (Å²) in [4.78, 5) is 13.6. The van der Waals surface area contributed by atoms with Gasteiger partial charge in [-0.05, 0) is 35.6 Å². The van der Waals surface area contributed by atoms with Gasteiger partial charge in [-0.15, -0.1) is 0 Å². The first kappa shape index (κ1) is 20.7. The second-order valence-corrected chi connectivity index (χ2v) is 8.08. The van der Waals surface area contributed by atoms with Gasteiger partial charge in [-0.2, -0.15) is 5.26 Å². The molecule has 2 aromatic carbocycles. The molecule has 6 heteroatoms. The van der Waals surface area contributed by atoms with Gasteiger partial charge >= 0.3 is 0 Å². The van der Waals surface area contributed by atoms with Crippen LogP contribution in [0.4, 0.5) is 0 Å².